The van der Waals surface area contributed by atoms with Crippen molar-refractivity contribution in [3.63, 3.8) is 0 Å². The number of nitrogens with one attached hydrogen (secondary N) is 1. The quantitative estimate of drug-likeness (QED) is 0.654. The third-order valence-corrected chi connectivity index (χ3v) is 2.75. The van der Waals surface area contributed by atoms with Crippen LogP contribution in [0.3, 0.4) is 0 Å². The van der Waals surface area contributed by atoms with E-state index in [0.29, 0.717) is 23.7 Å². The lowest BCUT2D eigenvalue weighted by Crippen LogP contribution is -2.21. The molecule has 4 nitrogen and oxygen atoms in total. The fourth-order valence-electron chi connectivity index (χ4n) is 1.85. The molecule has 0 atom stereocenters. The van der Waals surface area contributed by atoms with Gasteiger partial charge in [0.05, 0.1) is 5.69 Å². The molecule has 0 aliphatic heterocycles. The minimum Gasteiger partial charge on any atom is -0.382 e. The highest BCUT2D eigenvalue weighted by atomic mass is 19.1. The van der Waals surface area contributed by atoms with E-state index in [0.717, 1.165) is 0 Å². The molecule has 0 aliphatic carbocycles. The second-order valence-electron chi connectivity index (χ2n) is 3.99. The van der Waals surface area contributed by atoms with Gasteiger partial charge in [-0.15, -0.1) is 0 Å². The molecular weight excluding hydrogens is 243 g/mol. The van der Waals surface area contributed by atoms with Crippen molar-refractivity contribution in [3.05, 3.63) is 54.0 Å². The van der Waals surface area contributed by atoms with E-state index < -0.39 is 0 Å². The van der Waals surface area contributed by atoms with Crippen molar-refractivity contribution in [2.75, 3.05) is 11.4 Å². The smallest absolute Gasteiger partial charge is 0.146 e. The topological polar surface area (TPSA) is 66.0 Å². The van der Waals surface area contributed by atoms with E-state index in [1.807, 2.05) is 6.92 Å². The number of para-hydroxylation sites is 1. The molecule has 0 saturated heterocycles. The average molecular weight is 258 g/mol. The Bertz CT molecular complexity index is 598. The van der Waals surface area contributed by atoms with Crippen molar-refractivity contribution in [2.45, 2.75) is 6.92 Å². The van der Waals surface area contributed by atoms with Gasteiger partial charge in [-0.25, -0.2) is 9.37 Å². The predicted octanol–water partition coefficient (Wildman–Crippen LogP) is 2.66. The monoisotopic (exact) mass is 258 g/mol. The minimum absolute atomic E-state index is 0.105. The van der Waals surface area contributed by atoms with E-state index in [1.54, 1.807) is 41.3 Å². The van der Waals surface area contributed by atoms with Gasteiger partial charge in [-0.3, -0.25) is 5.41 Å². The molecule has 0 amide bonds. The summed E-state index contributed by atoms with van der Waals surface area (Å²) in [6, 6.07) is 11.7. The zero-order chi connectivity index (χ0) is 13.8. The molecule has 0 bridgehead atoms. The van der Waals surface area contributed by atoms with Crippen molar-refractivity contribution in [3.8, 4) is 0 Å². The summed E-state index contributed by atoms with van der Waals surface area (Å²) in [6.07, 6.45) is 0. The summed E-state index contributed by atoms with van der Waals surface area (Å²) in [6.45, 7) is 2.48. The van der Waals surface area contributed by atoms with E-state index >= 15 is 0 Å². The molecule has 5 heteroatoms. The number of nitrogens with two attached hydrogens (primary N) is 1. The predicted molar refractivity (Wildman–Crippen MR) is 74.3 cm³/mol. The van der Waals surface area contributed by atoms with Crippen LogP contribution in [-0.2, 0) is 0 Å². The number of pyridine rings is 1. The molecule has 98 valence electrons. The molecule has 0 fully saturated rings. The van der Waals surface area contributed by atoms with E-state index in [-0.39, 0.29) is 11.7 Å². The first-order chi connectivity index (χ1) is 9.13. The van der Waals surface area contributed by atoms with E-state index in [2.05, 4.69) is 4.98 Å². The van der Waals surface area contributed by atoms with Crippen LogP contribution < -0.4 is 10.6 Å². The van der Waals surface area contributed by atoms with Crippen molar-refractivity contribution in [2.24, 2.45) is 5.73 Å². The van der Waals surface area contributed by atoms with Gasteiger partial charge in [0.15, 0.2) is 0 Å². The van der Waals surface area contributed by atoms with E-state index in [4.69, 9.17) is 11.1 Å². The number of anilines is 2. The van der Waals surface area contributed by atoms with Gasteiger partial charge in [-0.2, -0.15) is 0 Å². The van der Waals surface area contributed by atoms with E-state index in [9.17, 15) is 4.39 Å². The maximum Gasteiger partial charge on any atom is 0.146 e. The number of halogens is 1. The lowest BCUT2D eigenvalue weighted by molar-refractivity contribution is 0.625. The molecule has 2 rings (SSSR count). The molecule has 1 aromatic carbocycles. The summed E-state index contributed by atoms with van der Waals surface area (Å²) in [4.78, 5) is 6.01. The Balaban J connectivity index is 2.45. The first-order valence-corrected chi connectivity index (χ1v) is 5.97. The van der Waals surface area contributed by atoms with Gasteiger partial charge in [-0.1, -0.05) is 18.2 Å². The SMILES string of the molecule is CCN(c1cccc(C(=N)N)n1)c1ccccc1F. The van der Waals surface area contributed by atoms with Crippen LogP contribution in [0, 0.1) is 11.2 Å². The van der Waals surface area contributed by atoms with Gasteiger partial charge >= 0.3 is 0 Å². The van der Waals surface area contributed by atoms with Crippen LogP contribution in [0.1, 0.15) is 12.6 Å². The normalized spacial score (nSPS) is 10.2. The molecule has 0 unspecified atom stereocenters. The zero-order valence-corrected chi connectivity index (χ0v) is 10.6. The summed E-state index contributed by atoms with van der Waals surface area (Å²) in [5.74, 6) is 0.158. The van der Waals surface area contributed by atoms with Crippen LogP contribution in [0.4, 0.5) is 15.9 Å². The molecular formula is C14H15FN4. The molecule has 19 heavy (non-hydrogen) atoms. The molecule has 1 aromatic heterocycles. The summed E-state index contributed by atoms with van der Waals surface area (Å²) >= 11 is 0. The number of amidine groups is 1. The second kappa shape index (κ2) is 5.48. The fourth-order valence-corrected chi connectivity index (χ4v) is 1.85. The lowest BCUT2D eigenvalue weighted by Gasteiger charge is -2.22. The largest absolute Gasteiger partial charge is 0.382 e. The first kappa shape index (κ1) is 13.0. The third-order valence-electron chi connectivity index (χ3n) is 2.75. The van der Waals surface area contributed by atoms with Gasteiger partial charge in [-0.05, 0) is 31.2 Å². The fraction of sp³-hybridized carbons (Fsp3) is 0.143. The van der Waals surface area contributed by atoms with E-state index in [1.165, 1.54) is 6.07 Å². The Morgan fingerprint density at radius 1 is 1.26 bits per heavy atom. The molecule has 0 spiro atoms. The minimum atomic E-state index is -0.306. The van der Waals surface area contributed by atoms with Crippen molar-refractivity contribution < 1.29 is 4.39 Å². The van der Waals surface area contributed by atoms with Crippen molar-refractivity contribution >= 4 is 17.3 Å². The highest BCUT2D eigenvalue weighted by molar-refractivity contribution is 5.93. The number of nitrogen functional groups attached to an aromatic ring is 1. The Morgan fingerprint density at radius 2 is 2.00 bits per heavy atom. The highest BCUT2D eigenvalue weighted by Gasteiger charge is 2.13. The van der Waals surface area contributed by atoms with Crippen LogP contribution in [-0.4, -0.2) is 17.4 Å². The Morgan fingerprint density at radius 3 is 2.63 bits per heavy atom. The Labute approximate surface area is 111 Å². The van der Waals surface area contributed by atoms with Crippen LogP contribution in [0.15, 0.2) is 42.5 Å². The average Bonchev–Trinajstić information content (AvgIpc) is 2.42. The third kappa shape index (κ3) is 2.70. The maximum atomic E-state index is 13.8. The number of rotatable bonds is 4. The van der Waals surface area contributed by atoms with Gasteiger partial charge in [0.25, 0.3) is 0 Å². The van der Waals surface area contributed by atoms with Crippen molar-refractivity contribution in [1.29, 1.82) is 5.41 Å². The number of aromatic nitrogens is 1. The highest BCUT2D eigenvalue weighted by Crippen LogP contribution is 2.25. The molecule has 2 aromatic rings. The van der Waals surface area contributed by atoms with Gasteiger partial charge < -0.3 is 10.6 Å². The first-order valence-electron chi connectivity index (χ1n) is 5.97. The van der Waals surface area contributed by atoms with Crippen molar-refractivity contribution in [1.82, 2.24) is 4.98 Å². The molecule has 0 radical (unpaired) electrons. The zero-order valence-electron chi connectivity index (χ0n) is 10.6. The number of hydrogen-bond acceptors (Lipinski definition) is 3. The number of hydrogen-bond donors (Lipinski definition) is 2. The Hall–Kier alpha value is -2.43. The second-order valence-corrected chi connectivity index (χ2v) is 3.99. The standard InChI is InChI=1S/C14H15FN4/c1-2-19(12-8-4-3-6-10(12)15)13-9-5-7-11(18-13)14(16)17/h3-9H,2H2,1H3,(H3,16,17). The van der Waals surface area contributed by atoms with Gasteiger partial charge in [0.1, 0.15) is 23.2 Å². The van der Waals surface area contributed by atoms with Crippen LogP contribution in [0.25, 0.3) is 0 Å². The Kier molecular flexibility index (Phi) is 3.75. The molecule has 0 saturated carbocycles. The van der Waals surface area contributed by atoms with Gasteiger partial charge in [0, 0.05) is 6.54 Å². The summed E-state index contributed by atoms with van der Waals surface area (Å²) in [5, 5.41) is 7.40. The van der Waals surface area contributed by atoms with Crippen LogP contribution in [0.5, 0.6) is 0 Å². The summed E-state index contributed by atoms with van der Waals surface area (Å²) in [7, 11) is 0. The molecule has 0 aliphatic rings. The lowest BCUT2D eigenvalue weighted by atomic mass is 10.2. The van der Waals surface area contributed by atoms with Crippen LogP contribution in [0.2, 0.25) is 0 Å². The maximum absolute atomic E-state index is 13.8. The summed E-state index contributed by atoms with van der Waals surface area (Å²) < 4.78 is 13.8. The molecule has 3 N–H and O–H groups in total. The number of benzene rings is 1. The van der Waals surface area contributed by atoms with Gasteiger partial charge in [0.2, 0.25) is 0 Å². The summed E-state index contributed by atoms with van der Waals surface area (Å²) in [5.41, 5.74) is 6.26. The molecule has 1 heterocycles. The van der Waals surface area contributed by atoms with Crippen LogP contribution >= 0.6 is 0 Å². The number of nitrogens with zero attached hydrogens (tertiary/aromatic N) is 2.